The maximum atomic E-state index is 12.0. The minimum absolute atomic E-state index is 0.267. The Labute approximate surface area is 150 Å². The zero-order chi connectivity index (χ0) is 18.4. The Morgan fingerprint density at radius 1 is 0.875 bits per heavy atom. The van der Waals surface area contributed by atoms with Gasteiger partial charge in [0.1, 0.15) is 0 Å². The number of hydrogen-bond donors (Lipinski definition) is 0. The maximum Gasteiger partial charge on any atom is 0.338 e. The van der Waals surface area contributed by atoms with E-state index in [1.54, 1.807) is 12.1 Å². The molecule has 1 aromatic carbocycles. The van der Waals surface area contributed by atoms with Crippen LogP contribution in [0.5, 0.6) is 0 Å². The van der Waals surface area contributed by atoms with Crippen LogP contribution in [-0.4, -0.2) is 37.8 Å². The molecule has 0 heterocycles. The number of esters is 1. The Morgan fingerprint density at radius 3 is 1.83 bits per heavy atom. The number of carbonyl (C=O) groups excluding carboxylic acids is 1. The molecule has 0 aliphatic heterocycles. The van der Waals surface area contributed by atoms with Crippen LogP contribution in [-0.2, 0) is 13.0 Å². The molecule has 0 spiro atoms. The Balaban J connectivity index is 2.54. The van der Waals surface area contributed by atoms with Crippen LogP contribution in [0.3, 0.4) is 0 Å². The first-order valence-corrected chi connectivity index (χ1v) is 17.9. The summed E-state index contributed by atoms with van der Waals surface area (Å²) in [6.07, 6.45) is 0.774. The first-order valence-electron chi connectivity index (χ1n) is 8.53. The highest BCUT2D eigenvalue weighted by Crippen LogP contribution is 2.25. The zero-order valence-electron chi connectivity index (χ0n) is 16.1. The zero-order valence-corrected chi connectivity index (χ0v) is 19.1. The van der Waals surface area contributed by atoms with E-state index in [1.165, 1.54) is 0 Å². The SMILES string of the molecule is C[Si](C)(C)O[Si](C)(CCCOC(=O)c1ccccc1)O[Si](C)(C)C. The molecule has 1 aromatic rings. The van der Waals surface area contributed by atoms with Crippen molar-refractivity contribution in [1.82, 2.24) is 0 Å². The summed E-state index contributed by atoms with van der Waals surface area (Å²) in [5.41, 5.74) is 0.592. The van der Waals surface area contributed by atoms with Gasteiger partial charge in [0.15, 0.2) is 16.6 Å². The minimum atomic E-state index is -2.24. The van der Waals surface area contributed by atoms with E-state index in [0.717, 1.165) is 12.5 Å². The topological polar surface area (TPSA) is 44.8 Å². The van der Waals surface area contributed by atoms with E-state index in [9.17, 15) is 4.79 Å². The summed E-state index contributed by atoms with van der Waals surface area (Å²) in [7, 11) is -5.59. The predicted octanol–water partition coefficient (Wildman–Crippen LogP) is 5.01. The quantitative estimate of drug-likeness (QED) is 0.341. The van der Waals surface area contributed by atoms with E-state index in [1.807, 2.05) is 18.2 Å². The molecule has 4 nitrogen and oxygen atoms in total. The molecule has 0 unspecified atom stereocenters. The van der Waals surface area contributed by atoms with Gasteiger partial charge in [-0.2, -0.15) is 0 Å². The lowest BCUT2D eigenvalue weighted by molar-refractivity contribution is 0.0503. The van der Waals surface area contributed by atoms with Gasteiger partial charge < -0.3 is 13.0 Å². The molecule has 0 saturated carbocycles. The van der Waals surface area contributed by atoms with Crippen LogP contribution in [0.2, 0.25) is 51.9 Å². The Bertz CT molecular complexity index is 505. The molecular formula is C17H32O4Si3. The second-order valence-electron chi connectivity index (χ2n) is 8.17. The molecule has 1 rings (SSSR count). The average Bonchev–Trinajstić information content (AvgIpc) is 2.40. The van der Waals surface area contributed by atoms with Gasteiger partial charge >= 0.3 is 14.5 Å². The fourth-order valence-corrected chi connectivity index (χ4v) is 15.1. The van der Waals surface area contributed by atoms with Crippen molar-refractivity contribution in [3.63, 3.8) is 0 Å². The summed E-state index contributed by atoms with van der Waals surface area (Å²) in [5.74, 6) is -0.267. The van der Waals surface area contributed by atoms with E-state index in [2.05, 4.69) is 45.8 Å². The molecule has 24 heavy (non-hydrogen) atoms. The van der Waals surface area contributed by atoms with Crippen LogP contribution >= 0.6 is 0 Å². The van der Waals surface area contributed by atoms with Crippen molar-refractivity contribution in [3.8, 4) is 0 Å². The van der Waals surface area contributed by atoms with E-state index in [0.29, 0.717) is 12.2 Å². The average molecular weight is 385 g/mol. The molecule has 0 saturated heterocycles. The minimum Gasteiger partial charge on any atom is -0.462 e. The number of ether oxygens (including phenoxy) is 1. The standard InChI is InChI=1S/C17H32O4Si3/c1-22(2,3)20-24(7,21-23(4,5)6)15-11-14-19-17(18)16-12-9-8-10-13-16/h8-10,12-13H,11,14-15H2,1-7H3. The van der Waals surface area contributed by atoms with Crippen LogP contribution in [0.15, 0.2) is 30.3 Å². The van der Waals surface area contributed by atoms with E-state index >= 15 is 0 Å². The van der Waals surface area contributed by atoms with Gasteiger partial charge in [-0.25, -0.2) is 4.79 Å². The molecule has 0 atom stereocenters. The van der Waals surface area contributed by atoms with E-state index in [4.69, 9.17) is 13.0 Å². The monoisotopic (exact) mass is 384 g/mol. The number of hydrogen-bond acceptors (Lipinski definition) is 4. The Kier molecular flexibility index (Phi) is 7.61. The van der Waals surface area contributed by atoms with Gasteiger partial charge in [-0.15, -0.1) is 0 Å². The smallest absolute Gasteiger partial charge is 0.338 e. The molecule has 0 radical (unpaired) electrons. The van der Waals surface area contributed by atoms with Crippen molar-refractivity contribution >= 4 is 31.2 Å². The molecule has 0 bridgehead atoms. The Morgan fingerprint density at radius 2 is 1.38 bits per heavy atom. The highest BCUT2D eigenvalue weighted by Gasteiger charge is 2.39. The van der Waals surface area contributed by atoms with Gasteiger partial charge in [0.2, 0.25) is 0 Å². The highest BCUT2D eigenvalue weighted by molar-refractivity contribution is 6.87. The van der Waals surface area contributed by atoms with Crippen LogP contribution in [0.1, 0.15) is 16.8 Å². The van der Waals surface area contributed by atoms with Gasteiger partial charge in [-0.05, 0) is 70.4 Å². The first kappa shape index (κ1) is 21.3. The first-order chi connectivity index (χ1) is 10.9. The third-order valence-corrected chi connectivity index (χ3v) is 12.7. The van der Waals surface area contributed by atoms with Crippen molar-refractivity contribution in [2.45, 2.75) is 58.3 Å². The van der Waals surface area contributed by atoms with Gasteiger partial charge in [0.05, 0.1) is 12.2 Å². The molecule has 0 N–H and O–H groups in total. The number of benzene rings is 1. The molecule has 0 aromatic heterocycles. The molecule has 0 fully saturated rings. The van der Waals surface area contributed by atoms with Crippen molar-refractivity contribution in [2.24, 2.45) is 0 Å². The second-order valence-corrected chi connectivity index (χ2v) is 21.0. The fourth-order valence-electron chi connectivity index (χ4n) is 2.63. The summed E-state index contributed by atoms with van der Waals surface area (Å²) in [6, 6.07) is 9.95. The third-order valence-electron chi connectivity index (χ3n) is 3.06. The molecule has 0 aliphatic rings. The van der Waals surface area contributed by atoms with Gasteiger partial charge in [0, 0.05) is 0 Å². The summed E-state index contributed by atoms with van der Waals surface area (Å²) in [6.45, 7) is 15.7. The number of rotatable bonds is 9. The molecule has 0 amide bonds. The van der Waals surface area contributed by atoms with Crippen molar-refractivity contribution in [1.29, 1.82) is 0 Å². The second kappa shape index (κ2) is 8.57. The summed E-state index contributed by atoms with van der Waals surface area (Å²) in [4.78, 5) is 12.0. The van der Waals surface area contributed by atoms with Gasteiger partial charge in [-0.3, -0.25) is 0 Å². The Hall–Kier alpha value is -0.739. The number of carbonyl (C=O) groups is 1. The third kappa shape index (κ3) is 8.93. The maximum absolute atomic E-state index is 12.0. The molecule has 7 heteroatoms. The molecule has 0 aliphatic carbocycles. The lowest BCUT2D eigenvalue weighted by Crippen LogP contribution is -2.52. The fraction of sp³-hybridized carbons (Fsp3) is 0.588. The van der Waals surface area contributed by atoms with Crippen LogP contribution in [0.4, 0.5) is 0 Å². The van der Waals surface area contributed by atoms with Crippen molar-refractivity contribution in [3.05, 3.63) is 35.9 Å². The summed E-state index contributed by atoms with van der Waals surface area (Å²) < 4.78 is 18.3. The normalized spacial score (nSPS) is 13.0. The van der Waals surface area contributed by atoms with Crippen molar-refractivity contribution < 1.29 is 17.8 Å². The van der Waals surface area contributed by atoms with Crippen LogP contribution in [0.25, 0.3) is 0 Å². The summed E-state index contributed by atoms with van der Waals surface area (Å²) >= 11 is 0. The van der Waals surface area contributed by atoms with E-state index in [-0.39, 0.29) is 5.97 Å². The predicted molar refractivity (Wildman–Crippen MR) is 107 cm³/mol. The van der Waals surface area contributed by atoms with Crippen LogP contribution < -0.4 is 0 Å². The molecular weight excluding hydrogens is 352 g/mol. The lowest BCUT2D eigenvalue weighted by Gasteiger charge is -2.38. The van der Waals surface area contributed by atoms with Gasteiger partial charge in [-0.1, -0.05) is 18.2 Å². The van der Waals surface area contributed by atoms with Crippen molar-refractivity contribution in [2.75, 3.05) is 6.61 Å². The highest BCUT2D eigenvalue weighted by atomic mass is 28.5. The van der Waals surface area contributed by atoms with Gasteiger partial charge in [0.25, 0.3) is 0 Å². The largest absolute Gasteiger partial charge is 0.462 e. The summed E-state index contributed by atoms with van der Waals surface area (Å²) in [5, 5.41) is 0. The lowest BCUT2D eigenvalue weighted by atomic mass is 10.2. The van der Waals surface area contributed by atoms with Crippen LogP contribution in [0, 0.1) is 0 Å². The van der Waals surface area contributed by atoms with E-state index < -0.39 is 25.2 Å². The molecule has 136 valence electrons.